The molecule has 0 atom stereocenters. The normalized spacial score (nSPS) is 10.8. The molecular formula is C13H8BrFN2OS. The van der Waals surface area contributed by atoms with Crippen LogP contribution in [0.3, 0.4) is 0 Å². The van der Waals surface area contributed by atoms with Crippen LogP contribution in [0.25, 0.3) is 21.8 Å². The number of rotatable bonds is 2. The van der Waals surface area contributed by atoms with E-state index >= 15 is 0 Å². The Morgan fingerprint density at radius 2 is 2.00 bits per heavy atom. The van der Waals surface area contributed by atoms with E-state index in [-0.39, 0.29) is 11.6 Å². The smallest absolute Gasteiger partial charge is 0.186 e. The molecule has 19 heavy (non-hydrogen) atoms. The molecule has 0 spiro atoms. The number of nitrogen functional groups attached to an aromatic ring is 1. The number of halogens is 2. The van der Waals surface area contributed by atoms with Crippen LogP contribution in [-0.4, -0.2) is 5.16 Å². The van der Waals surface area contributed by atoms with Crippen LogP contribution >= 0.6 is 27.3 Å². The van der Waals surface area contributed by atoms with Crippen LogP contribution < -0.4 is 5.73 Å². The summed E-state index contributed by atoms with van der Waals surface area (Å²) in [6.45, 7) is 0. The molecule has 0 radical (unpaired) electrons. The molecule has 6 heteroatoms. The van der Waals surface area contributed by atoms with Gasteiger partial charge in [0.25, 0.3) is 0 Å². The van der Waals surface area contributed by atoms with Crippen LogP contribution in [0.2, 0.25) is 0 Å². The number of nitrogens with zero attached hydrogens (tertiary/aromatic N) is 1. The fraction of sp³-hybridized carbons (Fsp3) is 0. The van der Waals surface area contributed by atoms with E-state index in [9.17, 15) is 4.39 Å². The average Bonchev–Trinajstić information content (AvgIpc) is 2.96. The summed E-state index contributed by atoms with van der Waals surface area (Å²) >= 11 is 4.86. The topological polar surface area (TPSA) is 52.0 Å². The van der Waals surface area contributed by atoms with Crippen LogP contribution in [0.4, 0.5) is 10.2 Å². The number of hydrogen-bond donors (Lipinski definition) is 1. The third-order valence-electron chi connectivity index (χ3n) is 2.66. The SMILES string of the molecule is Nc1noc(-c2ccc(Br)s2)c1-c1ccccc1F. The highest BCUT2D eigenvalue weighted by Gasteiger charge is 2.21. The predicted octanol–water partition coefficient (Wildman–Crippen LogP) is 4.55. The molecule has 3 aromatic rings. The Balaban J connectivity index is 2.22. The molecule has 0 unspecified atom stereocenters. The molecule has 96 valence electrons. The fourth-order valence-electron chi connectivity index (χ4n) is 1.83. The minimum atomic E-state index is -0.353. The lowest BCUT2D eigenvalue weighted by molar-refractivity contribution is 0.437. The van der Waals surface area contributed by atoms with Crippen molar-refractivity contribution in [2.75, 3.05) is 5.73 Å². The zero-order chi connectivity index (χ0) is 13.4. The molecule has 0 aliphatic rings. The highest BCUT2D eigenvalue weighted by molar-refractivity contribution is 9.11. The van der Waals surface area contributed by atoms with Gasteiger partial charge >= 0.3 is 0 Å². The van der Waals surface area contributed by atoms with Gasteiger partial charge in [0.15, 0.2) is 11.6 Å². The Morgan fingerprint density at radius 3 is 2.68 bits per heavy atom. The van der Waals surface area contributed by atoms with Crippen molar-refractivity contribution in [1.29, 1.82) is 0 Å². The lowest BCUT2D eigenvalue weighted by atomic mass is 10.0. The molecule has 2 heterocycles. The van der Waals surface area contributed by atoms with Gasteiger partial charge in [-0.3, -0.25) is 0 Å². The molecule has 2 N–H and O–H groups in total. The van der Waals surface area contributed by atoms with Gasteiger partial charge in [-0.25, -0.2) is 4.39 Å². The van der Waals surface area contributed by atoms with E-state index in [2.05, 4.69) is 21.1 Å². The predicted molar refractivity (Wildman–Crippen MR) is 77.3 cm³/mol. The summed E-state index contributed by atoms with van der Waals surface area (Å²) in [5, 5.41) is 3.75. The molecule has 3 nitrogen and oxygen atoms in total. The van der Waals surface area contributed by atoms with E-state index in [1.807, 2.05) is 12.1 Å². The molecule has 2 aromatic heterocycles. The molecule has 0 amide bonds. The van der Waals surface area contributed by atoms with Crippen LogP contribution in [0.1, 0.15) is 0 Å². The summed E-state index contributed by atoms with van der Waals surface area (Å²) < 4.78 is 20.1. The summed E-state index contributed by atoms with van der Waals surface area (Å²) in [6, 6.07) is 10.2. The van der Waals surface area contributed by atoms with Crippen LogP contribution in [0.15, 0.2) is 44.7 Å². The highest BCUT2D eigenvalue weighted by atomic mass is 79.9. The van der Waals surface area contributed by atoms with Crippen molar-refractivity contribution in [2.24, 2.45) is 0 Å². The summed E-state index contributed by atoms with van der Waals surface area (Å²) in [7, 11) is 0. The monoisotopic (exact) mass is 338 g/mol. The quantitative estimate of drug-likeness (QED) is 0.745. The van der Waals surface area contributed by atoms with Gasteiger partial charge in [-0.1, -0.05) is 23.4 Å². The fourth-order valence-corrected chi connectivity index (χ4v) is 3.20. The van der Waals surface area contributed by atoms with Gasteiger partial charge in [0.1, 0.15) is 5.82 Å². The third-order valence-corrected chi connectivity index (χ3v) is 4.28. The van der Waals surface area contributed by atoms with E-state index in [0.29, 0.717) is 16.9 Å². The lowest BCUT2D eigenvalue weighted by Gasteiger charge is -2.02. The van der Waals surface area contributed by atoms with Crippen molar-refractivity contribution < 1.29 is 8.91 Å². The number of nitrogens with two attached hydrogens (primary N) is 1. The third kappa shape index (κ3) is 2.17. The minimum Gasteiger partial charge on any atom is -0.380 e. The van der Waals surface area contributed by atoms with E-state index in [1.165, 1.54) is 17.4 Å². The molecular weight excluding hydrogens is 331 g/mol. The van der Waals surface area contributed by atoms with E-state index in [4.69, 9.17) is 10.3 Å². The summed E-state index contributed by atoms with van der Waals surface area (Å²) in [5.41, 5.74) is 6.69. The van der Waals surface area contributed by atoms with Crippen molar-refractivity contribution in [2.45, 2.75) is 0 Å². The first-order valence-corrected chi connectivity index (χ1v) is 7.03. The second-order valence-electron chi connectivity index (χ2n) is 3.86. The average molecular weight is 339 g/mol. The van der Waals surface area contributed by atoms with E-state index < -0.39 is 0 Å². The second-order valence-corrected chi connectivity index (χ2v) is 6.32. The van der Waals surface area contributed by atoms with E-state index in [0.717, 1.165) is 8.66 Å². The lowest BCUT2D eigenvalue weighted by Crippen LogP contribution is -1.90. The van der Waals surface area contributed by atoms with Crippen molar-refractivity contribution in [3.8, 4) is 21.8 Å². The first-order chi connectivity index (χ1) is 9.16. The van der Waals surface area contributed by atoms with Gasteiger partial charge in [-0.15, -0.1) is 11.3 Å². The van der Waals surface area contributed by atoms with Crippen LogP contribution in [-0.2, 0) is 0 Å². The Labute approximate surface area is 121 Å². The van der Waals surface area contributed by atoms with Gasteiger partial charge in [0, 0.05) is 5.56 Å². The Kier molecular flexibility index (Phi) is 3.12. The minimum absolute atomic E-state index is 0.185. The highest BCUT2D eigenvalue weighted by Crippen LogP contribution is 2.41. The van der Waals surface area contributed by atoms with Crippen molar-refractivity contribution >= 4 is 33.1 Å². The maximum Gasteiger partial charge on any atom is 0.186 e. The van der Waals surface area contributed by atoms with Gasteiger partial charge < -0.3 is 10.3 Å². The Morgan fingerprint density at radius 1 is 1.21 bits per heavy atom. The molecule has 1 aromatic carbocycles. The molecule has 0 aliphatic heterocycles. The summed E-state index contributed by atoms with van der Waals surface area (Å²) in [4.78, 5) is 0.842. The first-order valence-electron chi connectivity index (χ1n) is 5.42. The molecule has 0 bridgehead atoms. The maximum atomic E-state index is 13.9. The van der Waals surface area contributed by atoms with Crippen LogP contribution in [0.5, 0.6) is 0 Å². The summed E-state index contributed by atoms with van der Waals surface area (Å²) in [5.74, 6) is 0.317. The number of benzene rings is 1. The second kappa shape index (κ2) is 4.79. The number of anilines is 1. The molecule has 0 saturated heterocycles. The molecule has 0 fully saturated rings. The standard InChI is InChI=1S/C13H8BrFN2OS/c14-10-6-5-9(19-10)12-11(13(16)17-18-12)7-3-1-2-4-8(7)15/h1-6H,(H2,16,17). The molecule has 0 saturated carbocycles. The number of thiophene rings is 1. The Hall–Kier alpha value is -1.66. The van der Waals surface area contributed by atoms with Crippen molar-refractivity contribution in [3.05, 3.63) is 46.0 Å². The van der Waals surface area contributed by atoms with Crippen molar-refractivity contribution in [1.82, 2.24) is 5.16 Å². The van der Waals surface area contributed by atoms with Crippen LogP contribution in [0, 0.1) is 5.82 Å². The zero-order valence-electron chi connectivity index (χ0n) is 9.56. The van der Waals surface area contributed by atoms with Gasteiger partial charge in [0.05, 0.1) is 14.2 Å². The van der Waals surface area contributed by atoms with Crippen molar-refractivity contribution in [3.63, 3.8) is 0 Å². The zero-order valence-corrected chi connectivity index (χ0v) is 12.0. The summed E-state index contributed by atoms with van der Waals surface area (Å²) in [6.07, 6.45) is 0. The van der Waals surface area contributed by atoms with E-state index in [1.54, 1.807) is 18.2 Å². The first kappa shape index (κ1) is 12.4. The largest absolute Gasteiger partial charge is 0.380 e. The Bertz CT molecular complexity index is 738. The maximum absolute atomic E-state index is 13.9. The number of hydrogen-bond acceptors (Lipinski definition) is 4. The van der Waals surface area contributed by atoms with Gasteiger partial charge in [-0.2, -0.15) is 0 Å². The van der Waals surface area contributed by atoms with Gasteiger partial charge in [-0.05, 0) is 34.1 Å². The van der Waals surface area contributed by atoms with Gasteiger partial charge in [0.2, 0.25) is 0 Å². The number of aromatic nitrogens is 1. The molecule has 3 rings (SSSR count). The molecule has 0 aliphatic carbocycles.